The summed E-state index contributed by atoms with van der Waals surface area (Å²) in [6, 6.07) is 37.3. The number of benzene rings is 4. The van der Waals surface area contributed by atoms with E-state index in [4.69, 9.17) is 9.47 Å². The molecule has 0 saturated heterocycles. The van der Waals surface area contributed by atoms with Gasteiger partial charge in [-0.15, -0.1) is 0 Å². The summed E-state index contributed by atoms with van der Waals surface area (Å²) in [5.74, 6) is 3.47. The molecule has 32 heavy (non-hydrogen) atoms. The highest BCUT2D eigenvalue weighted by atomic mass is 16.5. The molecule has 1 fully saturated rings. The second-order valence-corrected chi connectivity index (χ2v) is 8.52. The van der Waals surface area contributed by atoms with Crippen LogP contribution in [-0.4, -0.2) is 0 Å². The first-order valence-electron chi connectivity index (χ1n) is 11.5. The van der Waals surface area contributed by atoms with Gasteiger partial charge in [-0.3, -0.25) is 0 Å². The van der Waals surface area contributed by atoms with Gasteiger partial charge in [-0.25, -0.2) is 0 Å². The molecule has 1 saturated carbocycles. The summed E-state index contributed by atoms with van der Waals surface area (Å²) in [6.07, 6.45) is 6.16. The molecule has 0 spiro atoms. The quantitative estimate of drug-likeness (QED) is 0.311. The standard InChI is InChI=1S/C30H28O2/c1-4-10-26(11-5-1)31-28-18-14-24(15-19-28)30(22-8-3-9-23-30)25-16-20-29(21-17-25)32-27-12-6-2-7-13-27/h1-2,4-7,10-21H,3,8-9,22-23H2. The average molecular weight is 421 g/mol. The van der Waals surface area contributed by atoms with Gasteiger partial charge in [-0.1, -0.05) is 79.9 Å². The van der Waals surface area contributed by atoms with Crippen LogP contribution in [0.2, 0.25) is 0 Å². The van der Waals surface area contributed by atoms with E-state index in [0.29, 0.717) is 0 Å². The molecule has 160 valence electrons. The van der Waals surface area contributed by atoms with Crippen LogP contribution in [0.4, 0.5) is 0 Å². The fourth-order valence-electron chi connectivity index (χ4n) is 4.83. The van der Waals surface area contributed by atoms with Crippen LogP contribution < -0.4 is 9.47 Å². The van der Waals surface area contributed by atoms with Crippen molar-refractivity contribution in [3.63, 3.8) is 0 Å². The number of para-hydroxylation sites is 2. The molecule has 0 radical (unpaired) electrons. The monoisotopic (exact) mass is 420 g/mol. The minimum Gasteiger partial charge on any atom is -0.457 e. The van der Waals surface area contributed by atoms with Crippen LogP contribution in [0.15, 0.2) is 109 Å². The molecule has 4 aromatic carbocycles. The van der Waals surface area contributed by atoms with E-state index in [-0.39, 0.29) is 5.41 Å². The van der Waals surface area contributed by atoms with Crippen molar-refractivity contribution in [1.82, 2.24) is 0 Å². The number of ether oxygens (including phenoxy) is 2. The second-order valence-electron chi connectivity index (χ2n) is 8.52. The zero-order valence-corrected chi connectivity index (χ0v) is 18.2. The van der Waals surface area contributed by atoms with Crippen molar-refractivity contribution >= 4 is 0 Å². The lowest BCUT2D eigenvalue weighted by molar-refractivity contribution is 0.345. The molecule has 0 aromatic heterocycles. The van der Waals surface area contributed by atoms with E-state index in [9.17, 15) is 0 Å². The van der Waals surface area contributed by atoms with Gasteiger partial charge >= 0.3 is 0 Å². The van der Waals surface area contributed by atoms with Gasteiger partial charge < -0.3 is 9.47 Å². The molecule has 1 aliphatic carbocycles. The van der Waals surface area contributed by atoms with E-state index in [0.717, 1.165) is 23.0 Å². The van der Waals surface area contributed by atoms with Gasteiger partial charge in [0, 0.05) is 5.41 Å². The molecule has 0 aliphatic heterocycles. The maximum absolute atomic E-state index is 6.02. The Bertz CT molecular complexity index is 1020. The van der Waals surface area contributed by atoms with Crippen molar-refractivity contribution in [3.8, 4) is 23.0 Å². The predicted octanol–water partition coefficient (Wildman–Crippen LogP) is 8.52. The smallest absolute Gasteiger partial charge is 0.127 e. The fourth-order valence-corrected chi connectivity index (χ4v) is 4.83. The Morgan fingerprint density at radius 1 is 0.406 bits per heavy atom. The maximum Gasteiger partial charge on any atom is 0.127 e. The Balaban J connectivity index is 1.40. The van der Waals surface area contributed by atoms with E-state index in [1.165, 1.54) is 43.2 Å². The molecular weight excluding hydrogens is 392 g/mol. The lowest BCUT2D eigenvalue weighted by Gasteiger charge is -2.38. The highest BCUT2D eigenvalue weighted by molar-refractivity contribution is 5.45. The number of hydrogen-bond acceptors (Lipinski definition) is 2. The van der Waals surface area contributed by atoms with Gasteiger partial charge in [-0.2, -0.15) is 0 Å². The van der Waals surface area contributed by atoms with Gasteiger partial charge in [0.05, 0.1) is 0 Å². The fraction of sp³-hybridized carbons (Fsp3) is 0.200. The van der Waals surface area contributed by atoms with E-state index in [2.05, 4.69) is 48.5 Å². The van der Waals surface area contributed by atoms with Gasteiger partial charge in [0.25, 0.3) is 0 Å². The summed E-state index contributed by atoms with van der Waals surface area (Å²) in [5.41, 5.74) is 2.79. The molecule has 1 aliphatic rings. The van der Waals surface area contributed by atoms with E-state index >= 15 is 0 Å². The second kappa shape index (κ2) is 9.32. The van der Waals surface area contributed by atoms with Crippen molar-refractivity contribution < 1.29 is 9.47 Å². The average Bonchev–Trinajstić information content (AvgIpc) is 2.87. The molecule has 0 amide bonds. The van der Waals surface area contributed by atoms with Crippen molar-refractivity contribution in [2.75, 3.05) is 0 Å². The highest BCUT2D eigenvalue weighted by Crippen LogP contribution is 2.45. The summed E-state index contributed by atoms with van der Waals surface area (Å²) in [5, 5.41) is 0. The van der Waals surface area contributed by atoms with Gasteiger partial charge in [0.1, 0.15) is 23.0 Å². The summed E-state index contributed by atoms with van der Waals surface area (Å²) < 4.78 is 12.0. The van der Waals surface area contributed by atoms with Crippen molar-refractivity contribution in [2.24, 2.45) is 0 Å². The Labute approximate surface area is 190 Å². The van der Waals surface area contributed by atoms with Crippen LogP contribution in [0.5, 0.6) is 23.0 Å². The molecule has 0 N–H and O–H groups in total. The largest absolute Gasteiger partial charge is 0.457 e. The summed E-state index contributed by atoms with van der Waals surface area (Å²) >= 11 is 0. The van der Waals surface area contributed by atoms with Crippen LogP contribution in [-0.2, 0) is 5.41 Å². The summed E-state index contributed by atoms with van der Waals surface area (Å²) in [7, 11) is 0. The van der Waals surface area contributed by atoms with E-state index < -0.39 is 0 Å². The highest BCUT2D eigenvalue weighted by Gasteiger charge is 2.35. The molecule has 4 aromatic rings. The molecular formula is C30H28O2. The lowest BCUT2D eigenvalue weighted by atomic mass is 9.65. The first kappa shape index (κ1) is 20.4. The zero-order valence-electron chi connectivity index (χ0n) is 18.2. The molecule has 5 rings (SSSR count). The van der Waals surface area contributed by atoms with Crippen LogP contribution in [0, 0.1) is 0 Å². The molecule has 2 nitrogen and oxygen atoms in total. The number of rotatable bonds is 6. The van der Waals surface area contributed by atoms with Crippen LogP contribution in [0.25, 0.3) is 0 Å². The topological polar surface area (TPSA) is 18.5 Å². The molecule has 0 unspecified atom stereocenters. The summed E-state index contributed by atoms with van der Waals surface area (Å²) in [6.45, 7) is 0. The van der Waals surface area contributed by atoms with Crippen molar-refractivity contribution in [3.05, 3.63) is 120 Å². The SMILES string of the molecule is c1ccc(Oc2ccc(C3(c4ccc(Oc5ccccc5)cc4)CCCCC3)cc2)cc1. The predicted molar refractivity (Wildman–Crippen MR) is 130 cm³/mol. The third-order valence-electron chi connectivity index (χ3n) is 6.48. The van der Waals surface area contributed by atoms with Crippen molar-refractivity contribution in [1.29, 1.82) is 0 Å². The van der Waals surface area contributed by atoms with Gasteiger partial charge in [-0.05, 0) is 72.5 Å². The first-order chi connectivity index (χ1) is 15.8. The normalized spacial score (nSPS) is 15.1. The van der Waals surface area contributed by atoms with Crippen molar-refractivity contribution in [2.45, 2.75) is 37.5 Å². The van der Waals surface area contributed by atoms with Crippen LogP contribution >= 0.6 is 0 Å². The zero-order chi connectivity index (χ0) is 21.6. The Hall–Kier alpha value is -3.52. The molecule has 0 heterocycles. The minimum atomic E-state index is 0.0504. The van der Waals surface area contributed by atoms with Gasteiger partial charge in [0.15, 0.2) is 0 Å². The lowest BCUT2D eigenvalue weighted by Crippen LogP contribution is -2.30. The minimum absolute atomic E-state index is 0.0504. The van der Waals surface area contributed by atoms with Crippen LogP contribution in [0.3, 0.4) is 0 Å². The molecule has 0 atom stereocenters. The maximum atomic E-state index is 6.02. The first-order valence-corrected chi connectivity index (χ1v) is 11.5. The third-order valence-corrected chi connectivity index (χ3v) is 6.48. The van der Waals surface area contributed by atoms with E-state index in [1.54, 1.807) is 0 Å². The van der Waals surface area contributed by atoms with Gasteiger partial charge in [0.2, 0.25) is 0 Å². The Morgan fingerprint density at radius 3 is 1.19 bits per heavy atom. The number of hydrogen-bond donors (Lipinski definition) is 0. The Morgan fingerprint density at radius 2 is 0.781 bits per heavy atom. The summed E-state index contributed by atoms with van der Waals surface area (Å²) in [4.78, 5) is 0. The van der Waals surface area contributed by atoms with Crippen LogP contribution in [0.1, 0.15) is 43.2 Å². The molecule has 0 bridgehead atoms. The molecule has 2 heteroatoms. The van der Waals surface area contributed by atoms with E-state index in [1.807, 2.05) is 60.7 Å². The Kier molecular flexibility index (Phi) is 5.93. The third kappa shape index (κ3) is 4.40.